The van der Waals surface area contributed by atoms with Gasteiger partial charge in [-0.15, -0.1) is 0 Å². The van der Waals surface area contributed by atoms with Crippen molar-refractivity contribution in [3.8, 4) is 22.5 Å². The first kappa shape index (κ1) is 27.2. The maximum atomic E-state index is 15.6. The SMILES string of the molecule is COC(=O)NC(C)CNc1nccc(-c2cn(C(C)C)nc2-c2cc(F)cc(NS(=O)(=O)C3CC3)c2F)n1. The van der Waals surface area contributed by atoms with Gasteiger partial charge in [0, 0.05) is 48.2 Å². The molecule has 3 aromatic rings. The highest BCUT2D eigenvalue weighted by Crippen LogP contribution is 2.37. The fraction of sp³-hybridized carbons (Fsp3) is 0.417. The Balaban J connectivity index is 1.70. The van der Waals surface area contributed by atoms with Gasteiger partial charge < -0.3 is 15.4 Å². The second-order valence-corrected chi connectivity index (χ2v) is 11.3. The third-order valence-electron chi connectivity index (χ3n) is 5.82. The van der Waals surface area contributed by atoms with Gasteiger partial charge in [0.05, 0.1) is 23.7 Å². The Bertz CT molecular complexity index is 1440. The van der Waals surface area contributed by atoms with Gasteiger partial charge in [-0.25, -0.2) is 32.0 Å². The van der Waals surface area contributed by atoms with Crippen LogP contribution in [0.4, 0.5) is 25.2 Å². The molecule has 14 heteroatoms. The van der Waals surface area contributed by atoms with Crippen LogP contribution >= 0.6 is 0 Å². The smallest absolute Gasteiger partial charge is 0.407 e. The molecule has 1 unspecified atom stereocenters. The van der Waals surface area contributed by atoms with Crippen LogP contribution in [0, 0.1) is 11.6 Å². The maximum Gasteiger partial charge on any atom is 0.407 e. The van der Waals surface area contributed by atoms with Crippen LogP contribution in [0.15, 0.2) is 30.6 Å². The van der Waals surface area contributed by atoms with Gasteiger partial charge >= 0.3 is 6.09 Å². The number of ether oxygens (including phenoxy) is 1. The van der Waals surface area contributed by atoms with Crippen molar-refractivity contribution in [3.63, 3.8) is 0 Å². The van der Waals surface area contributed by atoms with E-state index in [9.17, 15) is 17.6 Å². The molecule has 0 spiro atoms. The van der Waals surface area contributed by atoms with Crippen molar-refractivity contribution in [2.24, 2.45) is 0 Å². The Morgan fingerprint density at radius 3 is 2.61 bits per heavy atom. The van der Waals surface area contributed by atoms with Crippen molar-refractivity contribution in [2.75, 3.05) is 23.7 Å². The number of anilines is 2. The third kappa shape index (κ3) is 6.18. The molecule has 38 heavy (non-hydrogen) atoms. The van der Waals surface area contributed by atoms with Crippen molar-refractivity contribution in [1.82, 2.24) is 25.1 Å². The number of nitrogens with one attached hydrogen (secondary N) is 3. The van der Waals surface area contributed by atoms with Crippen LogP contribution in [0.5, 0.6) is 0 Å². The first-order chi connectivity index (χ1) is 18.0. The Labute approximate surface area is 219 Å². The van der Waals surface area contributed by atoms with Crippen LogP contribution in [0.1, 0.15) is 39.7 Å². The maximum absolute atomic E-state index is 15.6. The summed E-state index contributed by atoms with van der Waals surface area (Å²) in [6.45, 7) is 5.81. The number of methoxy groups -OCH3 is 1. The Morgan fingerprint density at radius 1 is 1.21 bits per heavy atom. The van der Waals surface area contributed by atoms with E-state index in [0.29, 0.717) is 30.6 Å². The number of hydrogen-bond donors (Lipinski definition) is 3. The minimum Gasteiger partial charge on any atom is -0.453 e. The fourth-order valence-corrected chi connectivity index (χ4v) is 5.02. The topological polar surface area (TPSA) is 140 Å². The number of amides is 1. The predicted octanol–water partition coefficient (Wildman–Crippen LogP) is 3.93. The average Bonchev–Trinajstić information content (AvgIpc) is 3.64. The third-order valence-corrected chi connectivity index (χ3v) is 7.67. The molecule has 0 bridgehead atoms. The van der Waals surface area contributed by atoms with Crippen LogP contribution in [-0.2, 0) is 14.8 Å². The molecule has 2 aromatic heterocycles. The van der Waals surface area contributed by atoms with Crippen molar-refractivity contribution in [2.45, 2.75) is 50.9 Å². The number of halogens is 2. The molecule has 3 N–H and O–H groups in total. The lowest BCUT2D eigenvalue weighted by Gasteiger charge is -2.14. The molecule has 204 valence electrons. The molecular formula is C24H29F2N7O4S. The molecule has 4 rings (SSSR count). The summed E-state index contributed by atoms with van der Waals surface area (Å²) in [5.74, 6) is -1.53. The highest BCUT2D eigenvalue weighted by molar-refractivity contribution is 7.93. The van der Waals surface area contributed by atoms with Crippen molar-refractivity contribution >= 4 is 27.8 Å². The molecule has 1 aromatic carbocycles. The Hall–Kier alpha value is -3.81. The zero-order chi connectivity index (χ0) is 27.6. The van der Waals surface area contributed by atoms with Gasteiger partial charge in [0.15, 0.2) is 5.82 Å². The van der Waals surface area contributed by atoms with Gasteiger partial charge in [-0.3, -0.25) is 9.40 Å². The van der Waals surface area contributed by atoms with Crippen LogP contribution in [-0.4, -0.2) is 59.2 Å². The molecule has 1 atom stereocenters. The van der Waals surface area contributed by atoms with E-state index in [1.165, 1.54) is 13.3 Å². The van der Waals surface area contributed by atoms with Crippen LogP contribution in [0.3, 0.4) is 0 Å². The molecule has 1 aliphatic carbocycles. The van der Waals surface area contributed by atoms with E-state index in [0.717, 1.165) is 12.1 Å². The second kappa shape index (κ2) is 10.9. The number of hydrogen-bond acceptors (Lipinski definition) is 8. The summed E-state index contributed by atoms with van der Waals surface area (Å²) in [4.78, 5) is 20.1. The largest absolute Gasteiger partial charge is 0.453 e. The quantitative estimate of drug-likeness (QED) is 0.346. The molecule has 0 aliphatic heterocycles. The lowest BCUT2D eigenvalue weighted by molar-refractivity contribution is 0.168. The molecule has 1 aliphatic rings. The first-order valence-corrected chi connectivity index (χ1v) is 13.5. The van der Waals surface area contributed by atoms with Gasteiger partial charge in [0.25, 0.3) is 0 Å². The molecule has 1 amide bonds. The van der Waals surface area contributed by atoms with Crippen molar-refractivity contribution in [3.05, 3.63) is 42.2 Å². The zero-order valence-electron chi connectivity index (χ0n) is 21.3. The molecule has 0 radical (unpaired) electrons. The molecule has 11 nitrogen and oxygen atoms in total. The molecule has 1 fully saturated rings. The first-order valence-electron chi connectivity index (χ1n) is 12.0. The van der Waals surface area contributed by atoms with Gasteiger partial charge in [-0.05, 0) is 45.7 Å². The average molecular weight is 550 g/mol. The Morgan fingerprint density at radius 2 is 1.95 bits per heavy atom. The lowest BCUT2D eigenvalue weighted by Crippen LogP contribution is -2.37. The fourth-order valence-electron chi connectivity index (χ4n) is 3.64. The van der Waals surface area contributed by atoms with E-state index in [1.54, 1.807) is 23.9 Å². The van der Waals surface area contributed by atoms with Gasteiger partial charge in [-0.2, -0.15) is 5.10 Å². The van der Waals surface area contributed by atoms with E-state index >= 15 is 4.39 Å². The Kier molecular flexibility index (Phi) is 7.81. The number of carbonyl (C=O) groups is 1. The number of sulfonamides is 1. The number of nitrogens with zero attached hydrogens (tertiary/aromatic N) is 4. The number of alkyl carbamates (subject to hydrolysis) is 1. The summed E-state index contributed by atoms with van der Waals surface area (Å²) in [6, 6.07) is 2.97. The zero-order valence-corrected chi connectivity index (χ0v) is 22.1. The molecule has 2 heterocycles. The molecular weight excluding hydrogens is 520 g/mol. The van der Waals surface area contributed by atoms with Crippen LogP contribution < -0.4 is 15.4 Å². The van der Waals surface area contributed by atoms with E-state index < -0.39 is 38.7 Å². The number of benzene rings is 1. The summed E-state index contributed by atoms with van der Waals surface area (Å²) in [6.07, 6.45) is 3.53. The predicted molar refractivity (Wildman–Crippen MR) is 138 cm³/mol. The van der Waals surface area contributed by atoms with Crippen molar-refractivity contribution < 1.29 is 26.7 Å². The van der Waals surface area contributed by atoms with E-state index in [4.69, 9.17) is 0 Å². The molecule has 0 saturated heterocycles. The van der Waals surface area contributed by atoms with Crippen molar-refractivity contribution in [1.29, 1.82) is 0 Å². The van der Waals surface area contributed by atoms with Gasteiger partial charge in [0.2, 0.25) is 16.0 Å². The van der Waals surface area contributed by atoms with Gasteiger partial charge in [-0.1, -0.05) is 0 Å². The number of carbonyl (C=O) groups excluding carboxylic acids is 1. The summed E-state index contributed by atoms with van der Waals surface area (Å²) in [5, 5.41) is 9.50. The normalized spacial score (nSPS) is 14.3. The second-order valence-electron chi connectivity index (χ2n) is 9.31. The van der Waals surface area contributed by atoms with Gasteiger partial charge in [0.1, 0.15) is 11.5 Å². The highest BCUT2D eigenvalue weighted by atomic mass is 32.2. The van der Waals surface area contributed by atoms with E-state index in [1.807, 2.05) is 13.8 Å². The van der Waals surface area contributed by atoms with E-state index in [2.05, 4.69) is 35.2 Å². The highest BCUT2D eigenvalue weighted by Gasteiger charge is 2.36. The standard InChI is InChI=1S/C24H29F2N7O4S/c1-13(2)33-12-18(19-7-8-27-23(30-19)28-11-14(3)29-24(34)37-4)22(31-33)17-9-15(25)10-20(21(17)26)32-38(35,36)16-5-6-16/h7-10,12-14,16,32H,5-6,11H2,1-4H3,(H,29,34)(H,27,28,30). The minimum absolute atomic E-state index is 0.0907. The lowest BCUT2D eigenvalue weighted by atomic mass is 10.0. The molecule has 1 saturated carbocycles. The number of rotatable bonds is 10. The van der Waals surface area contributed by atoms with E-state index in [-0.39, 0.29) is 29.3 Å². The van der Waals surface area contributed by atoms with Crippen LogP contribution in [0.25, 0.3) is 22.5 Å². The number of aromatic nitrogens is 4. The monoisotopic (exact) mass is 549 g/mol. The summed E-state index contributed by atoms with van der Waals surface area (Å²) in [5.41, 5.74) is 0.172. The summed E-state index contributed by atoms with van der Waals surface area (Å²) >= 11 is 0. The summed E-state index contributed by atoms with van der Waals surface area (Å²) < 4.78 is 63.4. The van der Waals surface area contributed by atoms with Crippen LogP contribution in [0.2, 0.25) is 0 Å². The minimum atomic E-state index is -3.82. The summed E-state index contributed by atoms with van der Waals surface area (Å²) in [7, 11) is -2.56.